The molecular formula is C17H22N4O2. The molecule has 0 radical (unpaired) electrons. The summed E-state index contributed by atoms with van der Waals surface area (Å²) in [6.07, 6.45) is 0.753. The van der Waals surface area contributed by atoms with E-state index in [0.717, 1.165) is 24.2 Å². The largest absolute Gasteiger partial charge is 0.411 e. The van der Waals surface area contributed by atoms with E-state index in [4.69, 9.17) is 4.84 Å². The third kappa shape index (κ3) is 3.07. The minimum atomic E-state index is -0.150. The molecule has 1 unspecified atom stereocenters. The van der Waals surface area contributed by atoms with Crippen LogP contribution in [0.4, 0.5) is 5.95 Å². The average molecular weight is 314 g/mol. The summed E-state index contributed by atoms with van der Waals surface area (Å²) < 4.78 is 1.23. The Kier molecular flexibility index (Phi) is 4.34. The number of hydrogen-bond donors (Lipinski definition) is 2. The molecule has 2 aromatic rings. The van der Waals surface area contributed by atoms with Gasteiger partial charge in [-0.15, -0.1) is 4.73 Å². The van der Waals surface area contributed by atoms with Crippen LogP contribution in [0.15, 0.2) is 29.1 Å². The van der Waals surface area contributed by atoms with Crippen molar-refractivity contribution in [3.63, 3.8) is 0 Å². The van der Waals surface area contributed by atoms with Gasteiger partial charge in [0.05, 0.1) is 17.3 Å². The zero-order chi connectivity index (χ0) is 16.4. The first kappa shape index (κ1) is 15.6. The molecule has 6 heteroatoms. The Labute approximate surface area is 135 Å². The van der Waals surface area contributed by atoms with Crippen molar-refractivity contribution in [2.24, 2.45) is 0 Å². The number of fused-ring (bicyclic) bond motifs is 1. The van der Waals surface area contributed by atoms with Crippen LogP contribution in [0.2, 0.25) is 0 Å². The predicted octanol–water partition coefficient (Wildman–Crippen LogP) is 1.43. The molecular weight excluding hydrogens is 292 g/mol. The highest BCUT2D eigenvalue weighted by atomic mass is 16.7. The zero-order valence-electron chi connectivity index (χ0n) is 13.7. The highest BCUT2D eigenvalue weighted by Crippen LogP contribution is 2.19. The van der Waals surface area contributed by atoms with Gasteiger partial charge in [0.2, 0.25) is 5.95 Å². The highest BCUT2D eigenvalue weighted by Gasteiger charge is 2.20. The Balaban J connectivity index is 1.94. The molecule has 0 saturated heterocycles. The molecule has 1 aromatic carbocycles. The summed E-state index contributed by atoms with van der Waals surface area (Å²) in [5.41, 5.74) is 3.73. The molecule has 3 rings (SSSR count). The Morgan fingerprint density at radius 1 is 1.35 bits per heavy atom. The van der Waals surface area contributed by atoms with Gasteiger partial charge in [-0.1, -0.05) is 29.8 Å². The van der Waals surface area contributed by atoms with Crippen LogP contribution in [0.1, 0.15) is 35.3 Å². The molecule has 2 heterocycles. The molecule has 2 N–H and O–H groups in total. The minimum Gasteiger partial charge on any atom is -0.411 e. The van der Waals surface area contributed by atoms with Crippen molar-refractivity contribution in [3.8, 4) is 0 Å². The SMILES string of the molecule is COn1c(NC(C)c2ccc(C)cc2)nc2c(c1=O)CNCC2. The van der Waals surface area contributed by atoms with E-state index in [2.05, 4.69) is 46.8 Å². The third-order valence-electron chi connectivity index (χ3n) is 4.17. The average Bonchev–Trinajstić information content (AvgIpc) is 2.56. The number of hydrogen-bond acceptors (Lipinski definition) is 5. The molecule has 0 fully saturated rings. The highest BCUT2D eigenvalue weighted by molar-refractivity contribution is 5.36. The molecule has 1 aliphatic heterocycles. The summed E-state index contributed by atoms with van der Waals surface area (Å²) in [7, 11) is 1.48. The first-order valence-corrected chi connectivity index (χ1v) is 7.83. The van der Waals surface area contributed by atoms with Crippen molar-refractivity contribution in [1.29, 1.82) is 0 Å². The van der Waals surface area contributed by atoms with Gasteiger partial charge in [-0.05, 0) is 19.4 Å². The van der Waals surface area contributed by atoms with Crippen LogP contribution in [0.3, 0.4) is 0 Å². The summed E-state index contributed by atoms with van der Waals surface area (Å²) in [6.45, 7) is 5.48. The summed E-state index contributed by atoms with van der Waals surface area (Å²) in [6, 6.07) is 8.31. The van der Waals surface area contributed by atoms with E-state index < -0.39 is 0 Å². The van der Waals surface area contributed by atoms with E-state index in [1.54, 1.807) is 0 Å². The molecule has 0 amide bonds. The molecule has 1 atom stereocenters. The van der Waals surface area contributed by atoms with Gasteiger partial charge < -0.3 is 15.5 Å². The molecule has 0 bridgehead atoms. The maximum absolute atomic E-state index is 12.5. The fourth-order valence-corrected chi connectivity index (χ4v) is 2.78. The summed E-state index contributed by atoms with van der Waals surface area (Å²) in [5.74, 6) is 0.450. The first-order chi connectivity index (χ1) is 11.1. The van der Waals surface area contributed by atoms with E-state index in [9.17, 15) is 4.79 Å². The lowest BCUT2D eigenvalue weighted by Gasteiger charge is -2.22. The quantitative estimate of drug-likeness (QED) is 0.893. The Bertz CT molecular complexity index is 752. The monoisotopic (exact) mass is 314 g/mol. The summed E-state index contributed by atoms with van der Waals surface area (Å²) in [4.78, 5) is 22.4. The fourth-order valence-electron chi connectivity index (χ4n) is 2.78. The van der Waals surface area contributed by atoms with Gasteiger partial charge in [-0.2, -0.15) is 0 Å². The van der Waals surface area contributed by atoms with E-state index >= 15 is 0 Å². The van der Waals surface area contributed by atoms with E-state index in [1.165, 1.54) is 17.4 Å². The number of aryl methyl sites for hydroxylation is 1. The maximum Gasteiger partial charge on any atom is 0.292 e. The zero-order valence-corrected chi connectivity index (χ0v) is 13.7. The molecule has 0 saturated carbocycles. The Morgan fingerprint density at radius 2 is 2.09 bits per heavy atom. The van der Waals surface area contributed by atoms with Crippen molar-refractivity contribution in [2.75, 3.05) is 19.0 Å². The number of nitrogens with zero attached hydrogens (tertiary/aromatic N) is 2. The van der Waals surface area contributed by atoms with Gasteiger partial charge >= 0.3 is 0 Å². The van der Waals surface area contributed by atoms with Crippen LogP contribution in [-0.4, -0.2) is 23.4 Å². The first-order valence-electron chi connectivity index (χ1n) is 7.83. The molecule has 6 nitrogen and oxygen atoms in total. The second-order valence-electron chi connectivity index (χ2n) is 5.85. The second kappa shape index (κ2) is 6.42. The van der Waals surface area contributed by atoms with Crippen molar-refractivity contribution >= 4 is 5.95 Å². The minimum absolute atomic E-state index is 0.0173. The number of rotatable bonds is 4. The summed E-state index contributed by atoms with van der Waals surface area (Å²) in [5, 5.41) is 6.49. The number of nitrogens with one attached hydrogen (secondary N) is 2. The van der Waals surface area contributed by atoms with E-state index in [-0.39, 0.29) is 11.6 Å². The molecule has 0 spiro atoms. The lowest BCUT2D eigenvalue weighted by molar-refractivity contribution is 0.157. The Morgan fingerprint density at radius 3 is 2.78 bits per heavy atom. The van der Waals surface area contributed by atoms with Gasteiger partial charge in [0.25, 0.3) is 5.56 Å². The van der Waals surface area contributed by atoms with Crippen LogP contribution in [0, 0.1) is 6.92 Å². The third-order valence-corrected chi connectivity index (χ3v) is 4.17. The number of benzene rings is 1. The van der Waals surface area contributed by atoms with Crippen LogP contribution >= 0.6 is 0 Å². The van der Waals surface area contributed by atoms with Crippen LogP contribution in [0.25, 0.3) is 0 Å². The van der Waals surface area contributed by atoms with Crippen LogP contribution < -0.4 is 21.0 Å². The molecule has 0 aliphatic carbocycles. The maximum atomic E-state index is 12.5. The van der Waals surface area contributed by atoms with Gasteiger partial charge in [0, 0.05) is 19.5 Å². The van der Waals surface area contributed by atoms with Crippen LogP contribution in [-0.2, 0) is 13.0 Å². The van der Waals surface area contributed by atoms with Crippen molar-refractivity contribution < 1.29 is 4.84 Å². The van der Waals surface area contributed by atoms with Crippen molar-refractivity contribution in [2.45, 2.75) is 32.9 Å². The summed E-state index contributed by atoms with van der Waals surface area (Å²) >= 11 is 0. The molecule has 1 aromatic heterocycles. The van der Waals surface area contributed by atoms with Crippen molar-refractivity contribution in [1.82, 2.24) is 15.0 Å². The Hall–Kier alpha value is -2.34. The standard InChI is InChI=1S/C17H22N4O2/c1-11-4-6-13(7-5-11)12(2)19-17-20-15-8-9-18-10-14(15)16(22)21(17)23-3/h4-7,12,18H,8-10H2,1-3H3,(H,19,20). The lowest BCUT2D eigenvalue weighted by Crippen LogP contribution is -2.38. The normalized spacial score (nSPS) is 14.9. The number of anilines is 1. The van der Waals surface area contributed by atoms with Gasteiger partial charge in [0.15, 0.2) is 0 Å². The smallest absolute Gasteiger partial charge is 0.292 e. The molecule has 23 heavy (non-hydrogen) atoms. The van der Waals surface area contributed by atoms with Crippen LogP contribution in [0.5, 0.6) is 0 Å². The van der Waals surface area contributed by atoms with Gasteiger partial charge in [0.1, 0.15) is 7.11 Å². The van der Waals surface area contributed by atoms with Gasteiger partial charge in [-0.3, -0.25) is 4.79 Å². The fraction of sp³-hybridized carbons (Fsp3) is 0.412. The predicted molar refractivity (Wildman–Crippen MR) is 89.6 cm³/mol. The molecule has 1 aliphatic rings. The lowest BCUT2D eigenvalue weighted by atomic mass is 10.1. The van der Waals surface area contributed by atoms with Gasteiger partial charge in [-0.25, -0.2) is 4.98 Å². The second-order valence-corrected chi connectivity index (χ2v) is 5.85. The van der Waals surface area contributed by atoms with E-state index in [1.807, 2.05) is 6.92 Å². The van der Waals surface area contributed by atoms with E-state index in [0.29, 0.717) is 18.1 Å². The van der Waals surface area contributed by atoms with Crippen molar-refractivity contribution in [3.05, 3.63) is 57.0 Å². The number of aromatic nitrogens is 2. The topological polar surface area (TPSA) is 68.2 Å². The molecule has 122 valence electrons.